The number of carbonyl (C=O) groups is 1. The van der Waals surface area contributed by atoms with E-state index in [9.17, 15) is 4.79 Å². The highest BCUT2D eigenvalue weighted by Gasteiger charge is 1.51. The molecule has 0 spiro atoms. The fraction of sp³-hybridized carbons (Fsp3) is 0. The molecule has 4 nitrogen and oxygen atoms in total. The van der Waals surface area contributed by atoms with E-state index >= 15 is 0 Å². The fourth-order valence-electron chi connectivity index (χ4n) is 0.0776. The summed E-state index contributed by atoms with van der Waals surface area (Å²) >= 11 is 0. The molecule has 7 heavy (non-hydrogen) atoms. The Bertz CT molecular complexity index is 157. The predicted octanol–water partition coefficient (Wildman–Crippen LogP) is 0.457. The van der Waals surface area contributed by atoms with Crippen LogP contribution in [0, 0.1) is 12.0 Å². The second-order valence-corrected chi connectivity index (χ2v) is 0.563. The van der Waals surface area contributed by atoms with Crippen molar-refractivity contribution in [1.82, 2.24) is 0 Å². The number of hydrogen-bond acceptors (Lipinski definition) is 2. The highest BCUT2D eigenvalue weighted by atomic mass is 16.1. The van der Waals surface area contributed by atoms with E-state index in [4.69, 9.17) is 5.53 Å². The molecule has 0 aliphatic carbocycles. The summed E-state index contributed by atoms with van der Waals surface area (Å²) in [4.78, 5) is 11.6. The molecular formula is C3HN3O. The van der Waals surface area contributed by atoms with Gasteiger partial charge in [-0.15, -0.1) is 0 Å². The van der Waals surface area contributed by atoms with Gasteiger partial charge < -0.3 is 0 Å². The lowest BCUT2D eigenvalue weighted by atomic mass is 10.8. The lowest BCUT2D eigenvalue weighted by Crippen LogP contribution is -1.53. The largest absolute Gasteiger partial charge is 0.289 e. The molecule has 0 rings (SSSR count). The van der Waals surface area contributed by atoms with Crippen LogP contribution >= 0.6 is 0 Å². The van der Waals surface area contributed by atoms with Crippen molar-refractivity contribution in [1.29, 1.82) is 0 Å². The van der Waals surface area contributed by atoms with Crippen molar-refractivity contribution >= 4 is 6.29 Å². The van der Waals surface area contributed by atoms with E-state index in [1.165, 1.54) is 0 Å². The van der Waals surface area contributed by atoms with Crippen molar-refractivity contribution in [2.24, 2.45) is 5.11 Å². The highest BCUT2D eigenvalue weighted by Crippen LogP contribution is 1.57. The minimum absolute atomic E-state index is 0.356. The van der Waals surface area contributed by atoms with Crippen LogP contribution in [0.25, 0.3) is 10.4 Å². The van der Waals surface area contributed by atoms with E-state index < -0.39 is 0 Å². The monoisotopic (exact) mass is 95.0 g/mol. The zero-order valence-corrected chi connectivity index (χ0v) is 3.33. The first-order valence-electron chi connectivity index (χ1n) is 1.40. The number of hydrogen-bond donors (Lipinski definition) is 0. The molecule has 0 atom stereocenters. The number of aldehydes is 1. The van der Waals surface area contributed by atoms with E-state index in [2.05, 4.69) is 10.0 Å². The first kappa shape index (κ1) is 5.54. The van der Waals surface area contributed by atoms with Crippen LogP contribution in [0.2, 0.25) is 0 Å². The van der Waals surface area contributed by atoms with Gasteiger partial charge in [-0.2, -0.15) is 0 Å². The van der Waals surface area contributed by atoms with Gasteiger partial charge in [0.05, 0.1) is 0 Å². The molecule has 0 aromatic rings. The van der Waals surface area contributed by atoms with E-state index in [0.717, 1.165) is 0 Å². The number of azide groups is 1. The van der Waals surface area contributed by atoms with Crippen molar-refractivity contribution in [3.63, 3.8) is 0 Å². The number of carbonyl (C=O) groups excluding carboxylic acids is 1. The lowest BCUT2D eigenvalue weighted by Gasteiger charge is -1.48. The van der Waals surface area contributed by atoms with Gasteiger partial charge in [0.2, 0.25) is 0 Å². The van der Waals surface area contributed by atoms with Crippen molar-refractivity contribution in [3.8, 4) is 12.0 Å². The minimum Gasteiger partial charge on any atom is -0.289 e. The van der Waals surface area contributed by atoms with Crippen molar-refractivity contribution < 1.29 is 4.79 Å². The normalized spacial score (nSPS) is 4.57. The third-order valence-electron chi connectivity index (χ3n) is 0.218. The summed E-state index contributed by atoms with van der Waals surface area (Å²) in [6, 6.07) is 1.88. The summed E-state index contributed by atoms with van der Waals surface area (Å²) in [7, 11) is 0. The first-order chi connectivity index (χ1) is 3.41. The second-order valence-electron chi connectivity index (χ2n) is 0.563. The molecule has 0 radical (unpaired) electrons. The van der Waals surface area contributed by atoms with Crippen LogP contribution in [-0.4, -0.2) is 6.29 Å². The van der Waals surface area contributed by atoms with Crippen LogP contribution in [0.3, 0.4) is 0 Å². The van der Waals surface area contributed by atoms with Gasteiger partial charge in [-0.1, -0.05) is 0 Å². The average Bonchev–Trinajstić information content (AvgIpc) is 1.69. The van der Waals surface area contributed by atoms with Gasteiger partial charge in [-0.05, 0) is 16.6 Å². The van der Waals surface area contributed by atoms with Gasteiger partial charge in [-0.3, -0.25) is 4.79 Å². The topological polar surface area (TPSA) is 65.8 Å². The van der Waals surface area contributed by atoms with Crippen LogP contribution in [0.4, 0.5) is 0 Å². The van der Waals surface area contributed by atoms with E-state index in [-0.39, 0.29) is 0 Å². The second kappa shape index (κ2) is 4.54. The third-order valence-corrected chi connectivity index (χ3v) is 0.218. The van der Waals surface area contributed by atoms with Gasteiger partial charge >= 0.3 is 0 Å². The van der Waals surface area contributed by atoms with Crippen molar-refractivity contribution in [3.05, 3.63) is 10.4 Å². The molecule has 4 heteroatoms. The van der Waals surface area contributed by atoms with Crippen LogP contribution in [0.1, 0.15) is 0 Å². The molecule has 0 aromatic heterocycles. The summed E-state index contributed by atoms with van der Waals surface area (Å²) < 4.78 is 0. The third kappa shape index (κ3) is 4.54. The van der Waals surface area contributed by atoms with Gasteiger partial charge in [0, 0.05) is 11.0 Å². The lowest BCUT2D eigenvalue weighted by molar-refractivity contribution is -0.103. The van der Waals surface area contributed by atoms with Gasteiger partial charge in [0.25, 0.3) is 0 Å². The van der Waals surface area contributed by atoms with E-state index in [1.54, 1.807) is 0 Å². The number of rotatable bonds is 0. The quantitative estimate of drug-likeness (QED) is 0.142. The summed E-state index contributed by atoms with van der Waals surface area (Å²) in [5, 5.41) is 2.75. The van der Waals surface area contributed by atoms with Crippen LogP contribution in [0.15, 0.2) is 5.11 Å². The van der Waals surface area contributed by atoms with Crippen LogP contribution < -0.4 is 0 Å². The SMILES string of the molecule is [N-]=[N+]=NC#CC=O. The van der Waals surface area contributed by atoms with Crippen LogP contribution in [-0.2, 0) is 4.79 Å². The van der Waals surface area contributed by atoms with Gasteiger partial charge in [-0.25, -0.2) is 0 Å². The molecule has 0 bridgehead atoms. The molecule has 0 saturated carbocycles. The standard InChI is InChI=1S/C3HN3O/c4-6-5-2-1-3-7/h3H. The fourth-order valence-corrected chi connectivity index (χ4v) is 0.0776. The summed E-state index contributed by atoms with van der Waals surface area (Å²) in [6.45, 7) is 0. The summed E-state index contributed by atoms with van der Waals surface area (Å²) in [5.41, 5.74) is 7.53. The average molecular weight is 95.1 g/mol. The smallest absolute Gasteiger partial charge is 0.193 e. The zero-order valence-electron chi connectivity index (χ0n) is 3.33. The summed E-state index contributed by atoms with van der Waals surface area (Å²) in [5.74, 6) is 1.90. The molecule has 0 N–H and O–H groups in total. The molecule has 0 unspecified atom stereocenters. The Morgan fingerprint density at radius 3 is 3.00 bits per heavy atom. The Morgan fingerprint density at radius 1 is 1.86 bits per heavy atom. The molecule has 0 fully saturated rings. The zero-order chi connectivity index (χ0) is 5.54. The molecule has 0 heterocycles. The molecule has 0 amide bonds. The van der Waals surface area contributed by atoms with E-state index in [0.29, 0.717) is 6.29 Å². The minimum atomic E-state index is 0.356. The van der Waals surface area contributed by atoms with Gasteiger partial charge in [0.1, 0.15) is 0 Å². The number of nitrogens with zero attached hydrogens (tertiary/aromatic N) is 3. The maximum absolute atomic E-state index is 9.32. The van der Waals surface area contributed by atoms with Crippen molar-refractivity contribution in [2.75, 3.05) is 0 Å². The Hall–Kier alpha value is -1.46. The molecular weight excluding hydrogens is 94.1 g/mol. The van der Waals surface area contributed by atoms with E-state index in [1.807, 2.05) is 12.0 Å². The molecule has 34 valence electrons. The Balaban J connectivity index is 3.67. The van der Waals surface area contributed by atoms with Crippen LogP contribution in [0.5, 0.6) is 0 Å². The molecule has 0 aliphatic rings. The van der Waals surface area contributed by atoms with Gasteiger partial charge in [0.15, 0.2) is 6.29 Å². The molecule has 0 saturated heterocycles. The maximum atomic E-state index is 9.32. The predicted molar refractivity (Wildman–Crippen MR) is 23.0 cm³/mol. The summed E-state index contributed by atoms with van der Waals surface area (Å²) in [6.07, 6.45) is 0.356. The highest BCUT2D eigenvalue weighted by molar-refractivity contribution is 5.72. The molecule has 0 aromatic carbocycles. The Labute approximate surface area is 39.8 Å². The first-order valence-corrected chi connectivity index (χ1v) is 1.40. The Morgan fingerprint density at radius 2 is 2.57 bits per heavy atom. The molecule has 0 aliphatic heterocycles. The van der Waals surface area contributed by atoms with Crippen molar-refractivity contribution in [2.45, 2.75) is 0 Å². The Kier molecular flexibility index (Phi) is 3.59. The maximum Gasteiger partial charge on any atom is 0.193 e.